The Morgan fingerprint density at radius 3 is 2.42 bits per heavy atom. The van der Waals surface area contributed by atoms with Gasteiger partial charge in [-0.2, -0.15) is 13.2 Å². The molecule has 1 aromatic heterocycles. The van der Waals surface area contributed by atoms with E-state index < -0.39 is 11.7 Å². The molecule has 0 bridgehead atoms. The zero-order valence-electron chi connectivity index (χ0n) is 16.8. The molecule has 3 N–H and O–H groups in total. The molecule has 170 valence electrons. The van der Waals surface area contributed by atoms with Crippen molar-refractivity contribution in [3.63, 3.8) is 0 Å². The van der Waals surface area contributed by atoms with Gasteiger partial charge in [-0.3, -0.25) is 0 Å². The van der Waals surface area contributed by atoms with Crippen LogP contribution in [0.4, 0.5) is 24.5 Å². The van der Waals surface area contributed by atoms with Crippen molar-refractivity contribution in [2.45, 2.75) is 17.6 Å². The summed E-state index contributed by atoms with van der Waals surface area (Å²) in [4.78, 5) is 5.32. The van der Waals surface area contributed by atoms with Gasteiger partial charge in [0.2, 0.25) is 0 Å². The predicted octanol–water partition coefficient (Wildman–Crippen LogP) is 8.00. The summed E-state index contributed by atoms with van der Waals surface area (Å²) < 4.78 is 41.4. The summed E-state index contributed by atoms with van der Waals surface area (Å²) in [5, 5.41) is 14.6. The normalized spacial score (nSPS) is 11.5. The SMILES string of the molecule is Oc1c(Cl)cc(Cl)cc1NCc1ccc2cccc(NSc3ccc(C(F)(F)F)cc3)c2n1. The number of para-hydroxylation sites is 1. The lowest BCUT2D eigenvalue weighted by atomic mass is 10.1. The maximum atomic E-state index is 12.8. The van der Waals surface area contributed by atoms with Crippen LogP contribution in [0.5, 0.6) is 5.75 Å². The van der Waals surface area contributed by atoms with Crippen molar-refractivity contribution >= 4 is 57.4 Å². The molecule has 0 aliphatic carbocycles. The number of phenolic OH excluding ortho intramolecular Hbond substituents is 1. The summed E-state index contributed by atoms with van der Waals surface area (Å²) in [6.45, 7) is 0.306. The maximum Gasteiger partial charge on any atom is 0.416 e. The third-order valence-electron chi connectivity index (χ3n) is 4.73. The van der Waals surface area contributed by atoms with Crippen LogP contribution in [-0.4, -0.2) is 10.1 Å². The van der Waals surface area contributed by atoms with E-state index in [4.69, 9.17) is 23.2 Å². The van der Waals surface area contributed by atoms with Crippen molar-refractivity contribution in [1.82, 2.24) is 4.98 Å². The number of halogens is 5. The molecule has 0 fully saturated rings. The molecule has 4 aromatic rings. The van der Waals surface area contributed by atoms with Crippen LogP contribution in [0, 0.1) is 0 Å². The van der Waals surface area contributed by atoms with Gasteiger partial charge in [0.1, 0.15) is 0 Å². The standard InChI is InChI=1S/C23H16Cl2F3N3OS/c24-15-10-18(25)22(32)20(11-15)29-12-16-7-4-13-2-1-3-19(21(13)30-16)31-33-17-8-5-14(6-9-17)23(26,27)28/h1-11,29,31-32H,12H2. The molecule has 0 spiro atoms. The number of benzene rings is 3. The smallest absolute Gasteiger partial charge is 0.416 e. The van der Waals surface area contributed by atoms with Crippen molar-refractivity contribution in [2.24, 2.45) is 0 Å². The van der Waals surface area contributed by atoms with Gasteiger partial charge in [-0.25, -0.2) is 4.98 Å². The monoisotopic (exact) mass is 509 g/mol. The van der Waals surface area contributed by atoms with Crippen LogP contribution in [0.25, 0.3) is 10.9 Å². The average molecular weight is 510 g/mol. The summed E-state index contributed by atoms with van der Waals surface area (Å²) in [6.07, 6.45) is -4.37. The van der Waals surface area contributed by atoms with E-state index in [1.54, 1.807) is 6.07 Å². The van der Waals surface area contributed by atoms with E-state index in [1.165, 1.54) is 30.1 Å². The number of anilines is 2. The Kier molecular flexibility index (Phi) is 6.78. The molecular formula is C23H16Cl2F3N3OS. The Morgan fingerprint density at radius 1 is 0.939 bits per heavy atom. The van der Waals surface area contributed by atoms with Crippen LogP contribution < -0.4 is 10.0 Å². The van der Waals surface area contributed by atoms with Crippen molar-refractivity contribution in [3.05, 3.63) is 88.0 Å². The van der Waals surface area contributed by atoms with Crippen LogP contribution in [-0.2, 0) is 12.7 Å². The number of fused-ring (bicyclic) bond motifs is 1. The van der Waals surface area contributed by atoms with E-state index in [0.29, 0.717) is 39.0 Å². The highest BCUT2D eigenvalue weighted by atomic mass is 35.5. The minimum Gasteiger partial charge on any atom is -0.504 e. The zero-order chi connectivity index (χ0) is 23.6. The second-order valence-electron chi connectivity index (χ2n) is 7.04. The number of hydrogen-bond acceptors (Lipinski definition) is 5. The molecular weight excluding hydrogens is 494 g/mol. The molecule has 0 aliphatic rings. The number of aromatic hydroxyl groups is 1. The zero-order valence-corrected chi connectivity index (χ0v) is 19.1. The van der Waals surface area contributed by atoms with Gasteiger partial charge in [0, 0.05) is 15.3 Å². The summed E-state index contributed by atoms with van der Waals surface area (Å²) in [7, 11) is 0. The van der Waals surface area contributed by atoms with Gasteiger partial charge in [-0.1, -0.05) is 41.4 Å². The van der Waals surface area contributed by atoms with Crippen LogP contribution in [0.2, 0.25) is 10.0 Å². The molecule has 33 heavy (non-hydrogen) atoms. The van der Waals surface area contributed by atoms with E-state index in [-0.39, 0.29) is 10.8 Å². The lowest BCUT2D eigenvalue weighted by Crippen LogP contribution is -2.04. The number of pyridine rings is 1. The van der Waals surface area contributed by atoms with E-state index in [0.717, 1.165) is 17.5 Å². The highest BCUT2D eigenvalue weighted by Gasteiger charge is 2.29. The molecule has 4 nitrogen and oxygen atoms in total. The fourth-order valence-electron chi connectivity index (χ4n) is 3.08. The lowest BCUT2D eigenvalue weighted by Gasteiger charge is -2.12. The molecule has 10 heteroatoms. The first kappa shape index (κ1) is 23.4. The first-order chi connectivity index (χ1) is 15.7. The lowest BCUT2D eigenvalue weighted by molar-refractivity contribution is -0.137. The molecule has 0 amide bonds. The van der Waals surface area contributed by atoms with Gasteiger partial charge >= 0.3 is 6.18 Å². The highest BCUT2D eigenvalue weighted by molar-refractivity contribution is 8.00. The van der Waals surface area contributed by atoms with Gasteiger partial charge in [0.05, 0.1) is 39.7 Å². The second-order valence-corrected chi connectivity index (χ2v) is 8.77. The van der Waals surface area contributed by atoms with Gasteiger partial charge in [-0.05, 0) is 60.5 Å². The van der Waals surface area contributed by atoms with Crippen molar-refractivity contribution in [2.75, 3.05) is 10.0 Å². The summed E-state index contributed by atoms with van der Waals surface area (Å²) in [6, 6.07) is 17.3. The van der Waals surface area contributed by atoms with Gasteiger partial charge in [-0.15, -0.1) is 0 Å². The highest BCUT2D eigenvalue weighted by Crippen LogP contribution is 2.35. The summed E-state index contributed by atoms with van der Waals surface area (Å²) >= 11 is 13.2. The van der Waals surface area contributed by atoms with Crippen LogP contribution in [0.1, 0.15) is 11.3 Å². The second kappa shape index (κ2) is 9.59. The van der Waals surface area contributed by atoms with Crippen LogP contribution in [0.15, 0.2) is 71.6 Å². The molecule has 0 aliphatic heterocycles. The molecule has 0 saturated heterocycles. The van der Waals surface area contributed by atoms with Gasteiger partial charge in [0.15, 0.2) is 5.75 Å². The quantitative estimate of drug-likeness (QED) is 0.181. The number of hydrogen-bond donors (Lipinski definition) is 3. The summed E-state index contributed by atoms with van der Waals surface area (Å²) in [5.74, 6) is -0.0999. The van der Waals surface area contributed by atoms with Gasteiger partial charge < -0.3 is 15.1 Å². The number of phenols is 1. The number of rotatable bonds is 6. The van der Waals surface area contributed by atoms with Crippen molar-refractivity contribution < 1.29 is 18.3 Å². The topological polar surface area (TPSA) is 57.2 Å². The Hall–Kier alpha value is -2.81. The van der Waals surface area contributed by atoms with E-state index in [1.807, 2.05) is 30.3 Å². The molecule has 0 unspecified atom stereocenters. The largest absolute Gasteiger partial charge is 0.504 e. The fraction of sp³-hybridized carbons (Fsp3) is 0.0870. The molecule has 4 rings (SSSR count). The van der Waals surface area contributed by atoms with Crippen molar-refractivity contribution in [3.8, 4) is 5.75 Å². The molecule has 1 heterocycles. The molecule has 0 saturated carbocycles. The third kappa shape index (κ3) is 5.58. The number of aromatic nitrogens is 1. The minimum absolute atomic E-state index is 0.0999. The Bertz CT molecular complexity index is 1300. The first-order valence-electron chi connectivity index (χ1n) is 9.61. The number of alkyl halides is 3. The van der Waals surface area contributed by atoms with Crippen LogP contribution in [0.3, 0.4) is 0 Å². The Labute approximate surface area is 201 Å². The third-order valence-corrected chi connectivity index (χ3v) is 6.06. The van der Waals surface area contributed by atoms with Crippen LogP contribution >= 0.6 is 35.1 Å². The van der Waals surface area contributed by atoms with Crippen molar-refractivity contribution in [1.29, 1.82) is 0 Å². The average Bonchev–Trinajstić information content (AvgIpc) is 2.78. The summed E-state index contributed by atoms with van der Waals surface area (Å²) in [5.41, 5.74) is 1.81. The predicted molar refractivity (Wildman–Crippen MR) is 128 cm³/mol. The van der Waals surface area contributed by atoms with E-state index in [9.17, 15) is 18.3 Å². The molecule has 0 radical (unpaired) electrons. The minimum atomic E-state index is -4.37. The van der Waals surface area contributed by atoms with E-state index >= 15 is 0 Å². The Morgan fingerprint density at radius 2 is 1.70 bits per heavy atom. The maximum absolute atomic E-state index is 12.8. The first-order valence-corrected chi connectivity index (χ1v) is 11.2. The fourth-order valence-corrected chi connectivity index (χ4v) is 4.24. The van der Waals surface area contributed by atoms with Gasteiger partial charge in [0.25, 0.3) is 0 Å². The molecule has 0 atom stereocenters. The Balaban J connectivity index is 1.51. The molecule has 3 aromatic carbocycles. The number of nitrogens with zero attached hydrogens (tertiary/aromatic N) is 1. The van der Waals surface area contributed by atoms with E-state index in [2.05, 4.69) is 15.0 Å². The number of nitrogens with one attached hydrogen (secondary N) is 2.